The highest BCUT2D eigenvalue weighted by Crippen LogP contribution is 2.28. The highest BCUT2D eigenvalue weighted by molar-refractivity contribution is 5.93. The molecule has 3 aromatic rings. The van der Waals surface area contributed by atoms with E-state index in [1.165, 1.54) is 30.0 Å². The number of carbonyl (C=O) groups is 1. The van der Waals surface area contributed by atoms with Gasteiger partial charge in [0.1, 0.15) is 5.58 Å². The van der Waals surface area contributed by atoms with E-state index >= 15 is 0 Å². The molecule has 1 aliphatic heterocycles. The van der Waals surface area contributed by atoms with Gasteiger partial charge in [0.25, 0.3) is 5.91 Å². The summed E-state index contributed by atoms with van der Waals surface area (Å²) in [5, 5.41) is 3.54. The van der Waals surface area contributed by atoms with Crippen molar-refractivity contribution in [2.45, 2.75) is 58.9 Å². The number of amides is 1. The van der Waals surface area contributed by atoms with Gasteiger partial charge in [0, 0.05) is 12.6 Å². The number of nitrogens with zero attached hydrogens (tertiary/aromatic N) is 1. The first-order valence-electron chi connectivity index (χ1n) is 11.8. The Morgan fingerprint density at radius 2 is 1.73 bits per heavy atom. The summed E-state index contributed by atoms with van der Waals surface area (Å²) in [4.78, 5) is 28.1. The van der Waals surface area contributed by atoms with E-state index in [1.807, 2.05) is 19.9 Å². The minimum atomic E-state index is -0.357. The average molecular weight is 447 g/mol. The first-order chi connectivity index (χ1) is 15.6. The van der Waals surface area contributed by atoms with E-state index in [0.717, 1.165) is 24.2 Å². The Balaban J connectivity index is 1.57. The minimum Gasteiger partial charge on any atom is -0.450 e. The molecule has 0 bridgehead atoms. The van der Waals surface area contributed by atoms with Gasteiger partial charge in [-0.05, 0) is 73.5 Å². The van der Waals surface area contributed by atoms with Gasteiger partial charge in [0.15, 0.2) is 11.2 Å². The van der Waals surface area contributed by atoms with Crippen molar-refractivity contribution < 1.29 is 9.21 Å². The van der Waals surface area contributed by atoms with Crippen molar-refractivity contribution in [3.63, 3.8) is 0 Å². The molecule has 2 heterocycles. The average Bonchev–Trinajstić information content (AvgIpc) is 3.28. The Bertz CT molecular complexity index is 1210. The predicted octanol–water partition coefficient (Wildman–Crippen LogP) is 5.27. The molecule has 1 N–H and O–H groups in total. The van der Waals surface area contributed by atoms with Gasteiger partial charge < -0.3 is 9.73 Å². The molecule has 174 valence electrons. The summed E-state index contributed by atoms with van der Waals surface area (Å²) in [5.74, 6) is -0.299. The number of benzene rings is 2. The fraction of sp³-hybridized carbons (Fsp3) is 0.429. The van der Waals surface area contributed by atoms with Crippen LogP contribution in [-0.4, -0.2) is 30.4 Å². The molecular weight excluding hydrogens is 412 g/mol. The summed E-state index contributed by atoms with van der Waals surface area (Å²) in [6, 6.07) is 13.9. The van der Waals surface area contributed by atoms with E-state index in [-0.39, 0.29) is 28.6 Å². The van der Waals surface area contributed by atoms with Crippen molar-refractivity contribution in [1.82, 2.24) is 10.2 Å². The second-order valence-corrected chi connectivity index (χ2v) is 10.3. The molecule has 1 amide bonds. The molecule has 1 saturated heterocycles. The highest BCUT2D eigenvalue weighted by atomic mass is 16.3. The smallest absolute Gasteiger partial charge is 0.287 e. The van der Waals surface area contributed by atoms with Gasteiger partial charge in [0.05, 0.1) is 11.4 Å². The van der Waals surface area contributed by atoms with Gasteiger partial charge >= 0.3 is 0 Å². The van der Waals surface area contributed by atoms with E-state index in [0.29, 0.717) is 17.5 Å². The maximum atomic E-state index is 13.0. The van der Waals surface area contributed by atoms with Crippen LogP contribution in [0.15, 0.2) is 51.7 Å². The molecule has 1 aliphatic rings. The number of nitrogens with one attached hydrogen (secondary N) is 1. The van der Waals surface area contributed by atoms with Gasteiger partial charge in [-0.1, -0.05) is 51.1 Å². The second-order valence-electron chi connectivity index (χ2n) is 10.3. The van der Waals surface area contributed by atoms with Crippen molar-refractivity contribution in [3.8, 4) is 0 Å². The highest BCUT2D eigenvalue weighted by Gasteiger charge is 2.25. The van der Waals surface area contributed by atoms with Crippen molar-refractivity contribution in [2.75, 3.05) is 19.6 Å². The van der Waals surface area contributed by atoms with Gasteiger partial charge in [-0.15, -0.1) is 0 Å². The zero-order chi connectivity index (χ0) is 23.8. The Hall–Kier alpha value is -2.92. The quantitative estimate of drug-likeness (QED) is 0.580. The van der Waals surface area contributed by atoms with E-state index in [1.54, 1.807) is 6.07 Å². The molecule has 5 heteroatoms. The molecule has 33 heavy (non-hydrogen) atoms. The number of carbonyl (C=O) groups excluding carboxylic acids is 1. The van der Waals surface area contributed by atoms with Crippen LogP contribution in [0.25, 0.3) is 11.0 Å². The summed E-state index contributed by atoms with van der Waals surface area (Å²) in [6.45, 7) is 13.0. The zero-order valence-electron chi connectivity index (χ0n) is 20.3. The SMILES string of the molecule is Cc1cc(C)c2oc(C(=O)NCC(c3ccc(C(C)(C)C)cc3)N3CCCC3)cc(=O)c2c1. The molecule has 1 atom stereocenters. The summed E-state index contributed by atoms with van der Waals surface area (Å²) >= 11 is 0. The third kappa shape index (κ3) is 5.03. The van der Waals surface area contributed by atoms with Crippen LogP contribution in [0.5, 0.6) is 0 Å². The second kappa shape index (κ2) is 9.14. The monoisotopic (exact) mass is 446 g/mol. The van der Waals surface area contributed by atoms with E-state index in [4.69, 9.17) is 4.42 Å². The lowest BCUT2D eigenvalue weighted by Crippen LogP contribution is -2.37. The molecule has 4 rings (SSSR count). The van der Waals surface area contributed by atoms with Gasteiger partial charge in [-0.25, -0.2) is 0 Å². The first kappa shape index (κ1) is 23.2. The van der Waals surface area contributed by atoms with Crippen molar-refractivity contribution >= 4 is 16.9 Å². The summed E-state index contributed by atoms with van der Waals surface area (Å²) in [7, 11) is 0. The molecule has 0 radical (unpaired) electrons. The van der Waals surface area contributed by atoms with Crippen LogP contribution in [-0.2, 0) is 5.41 Å². The minimum absolute atomic E-state index is 0.0581. The predicted molar refractivity (Wildman–Crippen MR) is 133 cm³/mol. The molecule has 0 aliphatic carbocycles. The number of aryl methyl sites for hydroxylation is 2. The van der Waals surface area contributed by atoms with Crippen LogP contribution in [0.1, 0.15) is 72.5 Å². The lowest BCUT2D eigenvalue weighted by molar-refractivity contribution is 0.0910. The fourth-order valence-electron chi connectivity index (χ4n) is 4.71. The maximum Gasteiger partial charge on any atom is 0.287 e. The van der Waals surface area contributed by atoms with Gasteiger partial charge in [-0.2, -0.15) is 0 Å². The number of hydrogen-bond donors (Lipinski definition) is 1. The van der Waals surface area contributed by atoms with E-state index in [9.17, 15) is 9.59 Å². The fourth-order valence-corrected chi connectivity index (χ4v) is 4.71. The Labute approximate surface area is 195 Å². The largest absolute Gasteiger partial charge is 0.450 e. The molecule has 1 fully saturated rings. The van der Waals surface area contributed by atoms with Gasteiger partial charge in [-0.3, -0.25) is 14.5 Å². The Kier molecular flexibility index (Phi) is 6.44. The van der Waals surface area contributed by atoms with Crippen LogP contribution in [0.4, 0.5) is 0 Å². The van der Waals surface area contributed by atoms with Crippen LogP contribution in [0.3, 0.4) is 0 Å². The lowest BCUT2D eigenvalue weighted by atomic mass is 9.86. The molecule has 1 aromatic heterocycles. The molecular formula is C28H34N2O3. The first-order valence-corrected chi connectivity index (χ1v) is 11.8. The number of hydrogen-bond acceptors (Lipinski definition) is 4. The van der Waals surface area contributed by atoms with Crippen LogP contribution < -0.4 is 10.7 Å². The maximum absolute atomic E-state index is 13.0. The molecule has 1 unspecified atom stereocenters. The van der Waals surface area contributed by atoms with E-state index < -0.39 is 0 Å². The summed E-state index contributed by atoms with van der Waals surface area (Å²) in [6.07, 6.45) is 2.34. The van der Waals surface area contributed by atoms with Crippen LogP contribution in [0.2, 0.25) is 0 Å². The molecule has 2 aromatic carbocycles. The normalized spacial score (nSPS) is 15.7. The van der Waals surface area contributed by atoms with Crippen molar-refractivity contribution in [3.05, 3.63) is 80.7 Å². The zero-order valence-corrected chi connectivity index (χ0v) is 20.3. The van der Waals surface area contributed by atoms with Crippen molar-refractivity contribution in [2.24, 2.45) is 0 Å². The molecule has 0 saturated carbocycles. The van der Waals surface area contributed by atoms with Crippen LogP contribution in [0, 0.1) is 13.8 Å². The topological polar surface area (TPSA) is 62.6 Å². The standard InChI is InChI=1S/C28H34N2O3/c1-18-14-19(2)26-22(15-18)24(31)16-25(33-26)27(32)29-17-23(30-12-6-7-13-30)20-8-10-21(11-9-20)28(3,4)5/h8-11,14-16,23H,6-7,12-13,17H2,1-5H3,(H,29,32). The molecule has 5 nitrogen and oxygen atoms in total. The number of fused-ring (bicyclic) bond motifs is 1. The third-order valence-corrected chi connectivity index (χ3v) is 6.58. The van der Waals surface area contributed by atoms with Crippen LogP contribution >= 0.6 is 0 Å². The van der Waals surface area contributed by atoms with Gasteiger partial charge in [0.2, 0.25) is 0 Å². The van der Waals surface area contributed by atoms with Crippen molar-refractivity contribution in [1.29, 1.82) is 0 Å². The van der Waals surface area contributed by atoms with E-state index in [2.05, 4.69) is 55.3 Å². The summed E-state index contributed by atoms with van der Waals surface area (Å²) in [5.41, 5.74) is 4.71. The number of rotatable bonds is 5. The summed E-state index contributed by atoms with van der Waals surface area (Å²) < 4.78 is 5.88. The lowest BCUT2D eigenvalue weighted by Gasteiger charge is -2.29. The molecule has 0 spiro atoms. The Morgan fingerprint density at radius 1 is 1.06 bits per heavy atom. The Morgan fingerprint density at radius 3 is 2.36 bits per heavy atom. The third-order valence-electron chi connectivity index (χ3n) is 6.58. The number of likely N-dealkylation sites (tertiary alicyclic amines) is 1.